The Morgan fingerprint density at radius 2 is 1.59 bits per heavy atom. The van der Waals surface area contributed by atoms with Crippen molar-refractivity contribution in [2.24, 2.45) is 5.92 Å². The zero-order chi connectivity index (χ0) is 19.6. The summed E-state index contributed by atoms with van der Waals surface area (Å²) in [7, 11) is 0. The van der Waals surface area contributed by atoms with Crippen LogP contribution in [0.3, 0.4) is 0 Å². The molecule has 0 aromatic heterocycles. The van der Waals surface area contributed by atoms with Gasteiger partial charge < -0.3 is 10.6 Å². The van der Waals surface area contributed by atoms with Crippen molar-refractivity contribution in [1.29, 1.82) is 0 Å². The first-order chi connectivity index (χ1) is 13.0. The van der Waals surface area contributed by atoms with E-state index in [0.717, 1.165) is 19.3 Å². The number of benzene rings is 2. The Morgan fingerprint density at radius 3 is 2.19 bits per heavy atom. The van der Waals surface area contributed by atoms with Crippen molar-refractivity contribution in [2.45, 2.75) is 46.1 Å². The van der Waals surface area contributed by atoms with Gasteiger partial charge in [-0.15, -0.1) is 0 Å². The lowest BCUT2D eigenvalue weighted by Crippen LogP contribution is -2.50. The summed E-state index contributed by atoms with van der Waals surface area (Å²) in [6.07, 6.45) is 2.51. The van der Waals surface area contributed by atoms with Crippen molar-refractivity contribution in [3.63, 3.8) is 0 Å². The summed E-state index contributed by atoms with van der Waals surface area (Å²) in [4.78, 5) is 25.3. The van der Waals surface area contributed by atoms with E-state index < -0.39 is 6.04 Å². The van der Waals surface area contributed by atoms with E-state index in [1.807, 2.05) is 68.4 Å². The van der Waals surface area contributed by atoms with Gasteiger partial charge in [0, 0.05) is 12.1 Å². The van der Waals surface area contributed by atoms with Gasteiger partial charge in [-0.2, -0.15) is 0 Å². The van der Waals surface area contributed by atoms with E-state index in [9.17, 15) is 9.59 Å². The number of aryl methyl sites for hydroxylation is 1. The van der Waals surface area contributed by atoms with Crippen molar-refractivity contribution in [1.82, 2.24) is 10.6 Å². The van der Waals surface area contributed by atoms with Crippen LogP contribution in [0.1, 0.15) is 48.7 Å². The first-order valence-corrected chi connectivity index (χ1v) is 9.76. The predicted octanol–water partition coefficient (Wildman–Crippen LogP) is 3.75. The normalized spacial score (nSPS) is 12.9. The number of nitrogens with one attached hydrogen (secondary N) is 2. The monoisotopic (exact) mass is 366 g/mol. The van der Waals surface area contributed by atoms with Gasteiger partial charge in [-0.1, -0.05) is 69.7 Å². The molecule has 27 heavy (non-hydrogen) atoms. The Labute approximate surface area is 162 Å². The third-order valence-electron chi connectivity index (χ3n) is 4.96. The molecule has 0 radical (unpaired) electrons. The molecule has 144 valence electrons. The van der Waals surface area contributed by atoms with Crippen molar-refractivity contribution in [2.75, 3.05) is 6.54 Å². The molecule has 0 aliphatic heterocycles. The summed E-state index contributed by atoms with van der Waals surface area (Å²) in [6, 6.07) is 17.0. The fourth-order valence-corrected chi connectivity index (χ4v) is 2.90. The molecule has 0 heterocycles. The van der Waals surface area contributed by atoms with Crippen molar-refractivity contribution in [3.05, 3.63) is 71.3 Å². The molecule has 0 aliphatic carbocycles. The predicted molar refractivity (Wildman–Crippen MR) is 110 cm³/mol. The minimum atomic E-state index is -0.538. The number of carbonyl (C=O) groups excluding carboxylic acids is 2. The fourth-order valence-electron chi connectivity index (χ4n) is 2.90. The molecule has 2 N–H and O–H groups in total. The lowest BCUT2D eigenvalue weighted by molar-refractivity contribution is -0.124. The molecule has 0 bridgehead atoms. The molecule has 2 atom stereocenters. The lowest BCUT2D eigenvalue weighted by Gasteiger charge is -2.23. The second kappa shape index (κ2) is 10.5. The second-order valence-corrected chi connectivity index (χ2v) is 6.91. The Kier molecular flexibility index (Phi) is 8.05. The maximum absolute atomic E-state index is 12.7. The highest BCUT2D eigenvalue weighted by Gasteiger charge is 2.26. The summed E-state index contributed by atoms with van der Waals surface area (Å²) in [5, 5.41) is 5.89. The zero-order valence-corrected chi connectivity index (χ0v) is 16.5. The molecule has 2 rings (SSSR count). The van der Waals surface area contributed by atoms with Gasteiger partial charge in [0.25, 0.3) is 5.91 Å². The van der Waals surface area contributed by atoms with Gasteiger partial charge >= 0.3 is 0 Å². The van der Waals surface area contributed by atoms with Crippen molar-refractivity contribution < 1.29 is 9.59 Å². The average molecular weight is 367 g/mol. The molecule has 4 heteroatoms. The first-order valence-electron chi connectivity index (χ1n) is 9.76. The molecule has 0 saturated heterocycles. The molecule has 0 aliphatic rings. The fraction of sp³-hybridized carbons (Fsp3) is 0.391. The van der Waals surface area contributed by atoms with E-state index >= 15 is 0 Å². The van der Waals surface area contributed by atoms with Gasteiger partial charge in [0.2, 0.25) is 5.91 Å². The first kappa shape index (κ1) is 20.7. The van der Waals surface area contributed by atoms with E-state index in [-0.39, 0.29) is 17.7 Å². The molecular weight excluding hydrogens is 336 g/mol. The summed E-state index contributed by atoms with van der Waals surface area (Å²) in [6.45, 7) is 6.64. The Hall–Kier alpha value is -2.62. The summed E-state index contributed by atoms with van der Waals surface area (Å²) in [5.41, 5.74) is 2.94. The zero-order valence-electron chi connectivity index (χ0n) is 16.5. The number of hydrogen-bond acceptors (Lipinski definition) is 2. The number of carbonyl (C=O) groups is 2. The lowest BCUT2D eigenvalue weighted by atomic mass is 9.97. The SMILES string of the molecule is CCc1ccc(C(=O)NC(C(=O)NCCc2ccccc2)C(C)CC)cc1. The van der Waals surface area contributed by atoms with E-state index in [2.05, 4.69) is 17.6 Å². The van der Waals surface area contributed by atoms with E-state index in [1.165, 1.54) is 11.1 Å². The van der Waals surface area contributed by atoms with Crippen LogP contribution in [0, 0.1) is 5.92 Å². The Bertz CT molecular complexity index is 726. The molecule has 2 aromatic rings. The quantitative estimate of drug-likeness (QED) is 0.710. The molecule has 4 nitrogen and oxygen atoms in total. The van der Waals surface area contributed by atoms with Crippen LogP contribution in [-0.2, 0) is 17.6 Å². The number of hydrogen-bond donors (Lipinski definition) is 2. The van der Waals surface area contributed by atoms with Crippen LogP contribution in [0.25, 0.3) is 0 Å². The number of rotatable bonds is 9. The van der Waals surface area contributed by atoms with Gasteiger partial charge in [-0.05, 0) is 42.0 Å². The average Bonchev–Trinajstić information content (AvgIpc) is 2.72. The van der Waals surface area contributed by atoms with Crippen LogP contribution in [-0.4, -0.2) is 24.4 Å². The third-order valence-corrected chi connectivity index (χ3v) is 4.96. The third kappa shape index (κ3) is 6.24. The smallest absolute Gasteiger partial charge is 0.251 e. The van der Waals surface area contributed by atoms with Crippen molar-refractivity contribution >= 4 is 11.8 Å². The largest absolute Gasteiger partial charge is 0.354 e. The van der Waals surface area contributed by atoms with Gasteiger partial charge in [-0.25, -0.2) is 0 Å². The minimum absolute atomic E-state index is 0.0561. The minimum Gasteiger partial charge on any atom is -0.354 e. The maximum Gasteiger partial charge on any atom is 0.251 e. The van der Waals surface area contributed by atoms with E-state index in [1.54, 1.807) is 0 Å². The highest BCUT2D eigenvalue weighted by atomic mass is 16.2. The molecule has 0 spiro atoms. The van der Waals surface area contributed by atoms with Crippen LogP contribution in [0.5, 0.6) is 0 Å². The van der Waals surface area contributed by atoms with Gasteiger partial charge in [0.15, 0.2) is 0 Å². The molecule has 0 saturated carbocycles. The highest BCUT2D eigenvalue weighted by Crippen LogP contribution is 2.11. The Morgan fingerprint density at radius 1 is 0.926 bits per heavy atom. The Balaban J connectivity index is 1.96. The maximum atomic E-state index is 12.7. The van der Waals surface area contributed by atoms with Gasteiger partial charge in [0.05, 0.1) is 0 Å². The van der Waals surface area contributed by atoms with Crippen molar-refractivity contribution in [3.8, 4) is 0 Å². The van der Waals surface area contributed by atoms with Crippen LogP contribution < -0.4 is 10.6 Å². The summed E-state index contributed by atoms with van der Waals surface area (Å²) in [5.74, 6) is -0.277. The molecular formula is C23H30N2O2. The molecule has 2 unspecified atom stereocenters. The van der Waals surface area contributed by atoms with Crippen LogP contribution in [0.4, 0.5) is 0 Å². The van der Waals surface area contributed by atoms with Gasteiger partial charge in [-0.3, -0.25) is 9.59 Å². The molecule has 2 amide bonds. The van der Waals surface area contributed by atoms with E-state index in [0.29, 0.717) is 12.1 Å². The standard InChI is InChI=1S/C23H30N2O2/c1-4-17(3)21(23(27)24-16-15-19-9-7-6-8-10-19)25-22(26)20-13-11-18(5-2)12-14-20/h6-14,17,21H,4-5,15-16H2,1-3H3,(H,24,27)(H,25,26). The molecule has 0 fully saturated rings. The topological polar surface area (TPSA) is 58.2 Å². The molecule has 2 aromatic carbocycles. The summed E-state index contributed by atoms with van der Waals surface area (Å²) < 4.78 is 0. The van der Waals surface area contributed by atoms with Crippen LogP contribution >= 0.6 is 0 Å². The van der Waals surface area contributed by atoms with Crippen LogP contribution in [0.15, 0.2) is 54.6 Å². The van der Waals surface area contributed by atoms with Gasteiger partial charge in [0.1, 0.15) is 6.04 Å². The van der Waals surface area contributed by atoms with E-state index in [4.69, 9.17) is 0 Å². The second-order valence-electron chi connectivity index (χ2n) is 6.91. The highest BCUT2D eigenvalue weighted by molar-refractivity contribution is 5.97. The summed E-state index contributed by atoms with van der Waals surface area (Å²) >= 11 is 0. The number of amides is 2. The van der Waals surface area contributed by atoms with Crippen LogP contribution in [0.2, 0.25) is 0 Å².